The molecule has 0 aliphatic rings. The molecule has 168 valence electrons. The van der Waals surface area contributed by atoms with E-state index in [2.05, 4.69) is 25.1 Å². The molecule has 4 rings (SSSR count). The van der Waals surface area contributed by atoms with Crippen LogP contribution in [0.2, 0.25) is 0 Å². The molecule has 0 amide bonds. The number of rotatable bonds is 8. The van der Waals surface area contributed by atoms with Gasteiger partial charge in [-0.05, 0) is 54.0 Å². The molecule has 0 aliphatic heterocycles. The first kappa shape index (κ1) is 22.2. The SMILES string of the molecule is COc1cc(/C=C/c2ccc3cccc(OCc4ccccc4C)c3n2)cc(OC)c1OC. The molecule has 0 bridgehead atoms. The van der Waals surface area contributed by atoms with Crippen LogP contribution < -0.4 is 18.9 Å². The van der Waals surface area contributed by atoms with Gasteiger partial charge in [-0.1, -0.05) is 48.5 Å². The number of benzene rings is 3. The van der Waals surface area contributed by atoms with Crippen molar-refractivity contribution in [3.63, 3.8) is 0 Å². The quantitative estimate of drug-likeness (QED) is 0.320. The van der Waals surface area contributed by atoms with Gasteiger partial charge in [-0.3, -0.25) is 0 Å². The first-order valence-corrected chi connectivity index (χ1v) is 10.7. The molecule has 0 saturated heterocycles. The Balaban J connectivity index is 1.62. The van der Waals surface area contributed by atoms with E-state index in [9.17, 15) is 0 Å². The summed E-state index contributed by atoms with van der Waals surface area (Å²) in [6.45, 7) is 2.59. The van der Waals surface area contributed by atoms with Gasteiger partial charge in [-0.25, -0.2) is 4.98 Å². The van der Waals surface area contributed by atoms with Gasteiger partial charge in [0.25, 0.3) is 0 Å². The standard InChI is InChI=1S/C28H27NO4/c1-19-8-5-6-9-22(19)18-33-24-11-7-10-21-13-15-23(29-27(21)24)14-12-20-16-25(30-2)28(32-4)26(17-20)31-3/h5-17H,18H2,1-4H3/b14-12+. The summed E-state index contributed by atoms with van der Waals surface area (Å²) in [4.78, 5) is 4.84. The van der Waals surface area contributed by atoms with E-state index in [-0.39, 0.29) is 0 Å². The van der Waals surface area contributed by atoms with Gasteiger partial charge in [0.05, 0.1) is 27.0 Å². The molecule has 0 saturated carbocycles. The smallest absolute Gasteiger partial charge is 0.203 e. The van der Waals surface area contributed by atoms with Gasteiger partial charge in [0.1, 0.15) is 17.9 Å². The summed E-state index contributed by atoms with van der Waals surface area (Å²) in [6.07, 6.45) is 3.92. The summed E-state index contributed by atoms with van der Waals surface area (Å²) < 4.78 is 22.4. The Labute approximate surface area is 194 Å². The third-order valence-corrected chi connectivity index (χ3v) is 5.48. The van der Waals surface area contributed by atoms with E-state index >= 15 is 0 Å². The van der Waals surface area contributed by atoms with Crippen molar-refractivity contribution in [3.8, 4) is 23.0 Å². The van der Waals surface area contributed by atoms with Gasteiger partial charge in [-0.2, -0.15) is 0 Å². The normalized spacial score (nSPS) is 11.0. The zero-order valence-electron chi connectivity index (χ0n) is 19.3. The topological polar surface area (TPSA) is 49.8 Å². The van der Waals surface area contributed by atoms with Crippen LogP contribution in [0.1, 0.15) is 22.4 Å². The maximum atomic E-state index is 6.16. The number of ether oxygens (including phenoxy) is 4. The summed E-state index contributed by atoms with van der Waals surface area (Å²) in [5.41, 5.74) is 4.93. The van der Waals surface area contributed by atoms with Crippen molar-refractivity contribution in [2.45, 2.75) is 13.5 Å². The average molecular weight is 442 g/mol. The van der Waals surface area contributed by atoms with Crippen LogP contribution in [0.4, 0.5) is 0 Å². The highest BCUT2D eigenvalue weighted by Gasteiger charge is 2.12. The highest BCUT2D eigenvalue weighted by Crippen LogP contribution is 2.38. The second-order valence-corrected chi connectivity index (χ2v) is 7.57. The van der Waals surface area contributed by atoms with E-state index in [1.165, 1.54) is 5.56 Å². The molecule has 3 aromatic carbocycles. The Bertz CT molecular complexity index is 1270. The Morgan fingerprint density at radius 2 is 1.52 bits per heavy atom. The molecule has 1 aromatic heterocycles. The lowest BCUT2D eigenvalue weighted by Gasteiger charge is -2.13. The molecule has 0 unspecified atom stereocenters. The molecule has 0 atom stereocenters. The van der Waals surface area contributed by atoms with Crippen molar-refractivity contribution >= 4 is 23.1 Å². The number of para-hydroxylation sites is 1. The molecule has 5 nitrogen and oxygen atoms in total. The minimum absolute atomic E-state index is 0.499. The number of nitrogens with zero attached hydrogens (tertiary/aromatic N) is 1. The van der Waals surface area contributed by atoms with Crippen molar-refractivity contribution in [3.05, 3.63) is 89.1 Å². The van der Waals surface area contributed by atoms with Crippen molar-refractivity contribution < 1.29 is 18.9 Å². The van der Waals surface area contributed by atoms with Crippen LogP contribution in [0, 0.1) is 6.92 Å². The highest BCUT2D eigenvalue weighted by atomic mass is 16.5. The molecule has 4 aromatic rings. The van der Waals surface area contributed by atoms with E-state index in [1.807, 2.05) is 60.7 Å². The second-order valence-electron chi connectivity index (χ2n) is 7.57. The van der Waals surface area contributed by atoms with E-state index in [0.29, 0.717) is 23.9 Å². The Morgan fingerprint density at radius 1 is 0.758 bits per heavy atom. The summed E-state index contributed by atoms with van der Waals surface area (Å²) in [6, 6.07) is 22.1. The lowest BCUT2D eigenvalue weighted by molar-refractivity contribution is 0.308. The third-order valence-electron chi connectivity index (χ3n) is 5.48. The lowest BCUT2D eigenvalue weighted by atomic mass is 10.1. The summed E-state index contributed by atoms with van der Waals surface area (Å²) >= 11 is 0. The van der Waals surface area contributed by atoms with Crippen LogP contribution in [-0.4, -0.2) is 26.3 Å². The molecule has 0 radical (unpaired) electrons. The van der Waals surface area contributed by atoms with E-state index in [1.54, 1.807) is 21.3 Å². The van der Waals surface area contributed by atoms with Crippen LogP contribution in [0.25, 0.3) is 23.1 Å². The highest BCUT2D eigenvalue weighted by molar-refractivity contribution is 5.86. The molecule has 33 heavy (non-hydrogen) atoms. The van der Waals surface area contributed by atoms with Gasteiger partial charge in [0.2, 0.25) is 5.75 Å². The van der Waals surface area contributed by atoms with Crippen molar-refractivity contribution in [1.82, 2.24) is 4.98 Å². The van der Waals surface area contributed by atoms with Crippen LogP contribution >= 0.6 is 0 Å². The maximum Gasteiger partial charge on any atom is 0.203 e. The molecule has 0 aliphatic carbocycles. The fourth-order valence-electron chi connectivity index (χ4n) is 3.65. The first-order chi connectivity index (χ1) is 16.1. The van der Waals surface area contributed by atoms with Crippen molar-refractivity contribution in [2.75, 3.05) is 21.3 Å². The summed E-state index contributed by atoms with van der Waals surface area (Å²) in [7, 11) is 4.80. The molecule has 0 fully saturated rings. The minimum Gasteiger partial charge on any atom is -0.493 e. The summed E-state index contributed by atoms with van der Waals surface area (Å²) in [5, 5.41) is 1.03. The van der Waals surface area contributed by atoms with Crippen LogP contribution in [0.5, 0.6) is 23.0 Å². The molecular formula is C28H27NO4. The Kier molecular flexibility index (Phi) is 6.79. The minimum atomic E-state index is 0.499. The lowest BCUT2D eigenvalue weighted by Crippen LogP contribution is -1.99. The summed E-state index contributed by atoms with van der Waals surface area (Å²) in [5.74, 6) is 2.54. The van der Waals surface area contributed by atoms with E-state index in [4.69, 9.17) is 23.9 Å². The number of methoxy groups -OCH3 is 3. The van der Waals surface area contributed by atoms with E-state index in [0.717, 1.165) is 33.5 Å². The van der Waals surface area contributed by atoms with Gasteiger partial charge in [0.15, 0.2) is 11.5 Å². The van der Waals surface area contributed by atoms with Gasteiger partial charge < -0.3 is 18.9 Å². The average Bonchev–Trinajstić information content (AvgIpc) is 2.86. The number of hydrogen-bond acceptors (Lipinski definition) is 5. The van der Waals surface area contributed by atoms with Crippen LogP contribution in [0.3, 0.4) is 0 Å². The predicted octanol–water partition coefficient (Wildman–Crippen LogP) is 6.32. The largest absolute Gasteiger partial charge is 0.493 e. The Hall–Kier alpha value is -3.99. The number of aromatic nitrogens is 1. The molecular weight excluding hydrogens is 414 g/mol. The fraction of sp³-hybridized carbons (Fsp3) is 0.179. The molecule has 1 heterocycles. The zero-order chi connectivity index (χ0) is 23.2. The first-order valence-electron chi connectivity index (χ1n) is 10.7. The number of hydrogen-bond donors (Lipinski definition) is 0. The maximum absolute atomic E-state index is 6.16. The molecule has 0 spiro atoms. The van der Waals surface area contributed by atoms with Crippen LogP contribution in [-0.2, 0) is 6.61 Å². The number of pyridine rings is 1. The third kappa shape index (κ3) is 4.93. The van der Waals surface area contributed by atoms with Gasteiger partial charge in [0, 0.05) is 5.39 Å². The molecule has 5 heteroatoms. The van der Waals surface area contributed by atoms with Crippen LogP contribution in [0.15, 0.2) is 66.7 Å². The van der Waals surface area contributed by atoms with E-state index < -0.39 is 0 Å². The van der Waals surface area contributed by atoms with Crippen molar-refractivity contribution in [1.29, 1.82) is 0 Å². The number of aryl methyl sites for hydroxylation is 1. The monoisotopic (exact) mass is 441 g/mol. The fourth-order valence-corrected chi connectivity index (χ4v) is 3.65. The van der Waals surface area contributed by atoms with Gasteiger partial charge in [-0.15, -0.1) is 0 Å². The Morgan fingerprint density at radius 3 is 2.21 bits per heavy atom. The second kappa shape index (κ2) is 10.1. The number of fused-ring (bicyclic) bond motifs is 1. The molecule has 0 N–H and O–H groups in total. The predicted molar refractivity (Wildman–Crippen MR) is 132 cm³/mol. The van der Waals surface area contributed by atoms with Crippen molar-refractivity contribution in [2.24, 2.45) is 0 Å². The van der Waals surface area contributed by atoms with Gasteiger partial charge >= 0.3 is 0 Å². The zero-order valence-corrected chi connectivity index (χ0v) is 19.3.